The van der Waals surface area contributed by atoms with Crippen molar-refractivity contribution in [2.75, 3.05) is 37.6 Å². The molecule has 0 N–H and O–H groups in total. The summed E-state index contributed by atoms with van der Waals surface area (Å²) in [5, 5.41) is 0. The molecular formula is C15H18N4OS. The Labute approximate surface area is 128 Å². The van der Waals surface area contributed by atoms with Gasteiger partial charge in [0.2, 0.25) is 5.95 Å². The summed E-state index contributed by atoms with van der Waals surface area (Å²) >= 11 is 1.58. The van der Waals surface area contributed by atoms with Crippen molar-refractivity contribution >= 4 is 23.1 Å². The molecule has 1 aliphatic rings. The lowest BCUT2D eigenvalue weighted by atomic mass is 10.2. The minimum absolute atomic E-state index is 0.220. The number of nitrogens with zero attached hydrogens (tertiary/aromatic N) is 4. The van der Waals surface area contributed by atoms with Gasteiger partial charge in [-0.05, 0) is 25.1 Å². The molecule has 0 saturated carbocycles. The Morgan fingerprint density at radius 1 is 1.19 bits per heavy atom. The van der Waals surface area contributed by atoms with Crippen molar-refractivity contribution in [3.8, 4) is 0 Å². The summed E-state index contributed by atoms with van der Waals surface area (Å²) in [5.74, 6) is 0.995. The first-order valence-corrected chi connectivity index (χ1v) is 7.88. The van der Waals surface area contributed by atoms with Crippen LogP contribution in [0.5, 0.6) is 0 Å². The number of aryl methyl sites for hydroxylation is 1. The molecule has 0 spiro atoms. The zero-order chi connectivity index (χ0) is 14.7. The molecule has 0 amide bonds. The van der Waals surface area contributed by atoms with Crippen LogP contribution in [0.1, 0.15) is 14.5 Å². The van der Waals surface area contributed by atoms with Gasteiger partial charge in [-0.2, -0.15) is 0 Å². The molecular weight excluding hydrogens is 284 g/mol. The summed E-state index contributed by atoms with van der Waals surface area (Å²) in [6.07, 6.45) is 3.52. The number of piperazine rings is 1. The van der Waals surface area contributed by atoms with E-state index in [1.54, 1.807) is 23.7 Å². The molecule has 0 aromatic carbocycles. The van der Waals surface area contributed by atoms with E-state index in [1.807, 2.05) is 25.1 Å². The first kappa shape index (κ1) is 14.2. The number of anilines is 1. The molecule has 0 atom stereocenters. The van der Waals surface area contributed by atoms with Crippen molar-refractivity contribution in [3.05, 3.63) is 40.3 Å². The number of rotatable bonds is 4. The zero-order valence-electron chi connectivity index (χ0n) is 12.0. The number of hydrogen-bond donors (Lipinski definition) is 0. The van der Waals surface area contributed by atoms with Crippen LogP contribution in [0.4, 0.5) is 5.95 Å². The standard InChI is InChI=1S/C15H18N4OS/c1-12-3-4-14(21-12)13(20)11-18-7-9-19(10-8-18)15-16-5-2-6-17-15/h2-6H,7-11H2,1H3. The predicted octanol–water partition coefficient (Wildman–Crippen LogP) is 1.85. The Kier molecular flexibility index (Phi) is 4.26. The molecule has 5 nitrogen and oxygen atoms in total. The summed E-state index contributed by atoms with van der Waals surface area (Å²) in [6.45, 7) is 5.99. The SMILES string of the molecule is Cc1ccc(C(=O)CN2CCN(c3ncccn3)CC2)s1. The largest absolute Gasteiger partial charge is 0.338 e. The highest BCUT2D eigenvalue weighted by molar-refractivity contribution is 7.14. The maximum absolute atomic E-state index is 12.2. The highest BCUT2D eigenvalue weighted by Gasteiger charge is 2.21. The fourth-order valence-corrected chi connectivity index (χ4v) is 3.22. The molecule has 1 saturated heterocycles. The van der Waals surface area contributed by atoms with Crippen molar-refractivity contribution in [1.82, 2.24) is 14.9 Å². The van der Waals surface area contributed by atoms with Crippen LogP contribution in [0, 0.1) is 6.92 Å². The van der Waals surface area contributed by atoms with E-state index >= 15 is 0 Å². The number of carbonyl (C=O) groups excluding carboxylic acids is 1. The van der Waals surface area contributed by atoms with Crippen LogP contribution in [-0.4, -0.2) is 53.4 Å². The van der Waals surface area contributed by atoms with Crippen molar-refractivity contribution in [2.45, 2.75) is 6.92 Å². The topological polar surface area (TPSA) is 49.3 Å². The van der Waals surface area contributed by atoms with Gasteiger partial charge in [-0.25, -0.2) is 9.97 Å². The Morgan fingerprint density at radius 3 is 2.52 bits per heavy atom. The van der Waals surface area contributed by atoms with E-state index in [9.17, 15) is 4.79 Å². The average molecular weight is 302 g/mol. The lowest BCUT2D eigenvalue weighted by molar-refractivity contribution is 0.0930. The normalized spacial score (nSPS) is 16.1. The van der Waals surface area contributed by atoms with E-state index in [0.717, 1.165) is 37.0 Å². The minimum atomic E-state index is 0.220. The molecule has 0 radical (unpaired) electrons. The van der Waals surface area contributed by atoms with E-state index < -0.39 is 0 Å². The van der Waals surface area contributed by atoms with E-state index in [4.69, 9.17) is 0 Å². The quantitative estimate of drug-likeness (QED) is 0.807. The zero-order valence-corrected chi connectivity index (χ0v) is 12.8. The number of Topliss-reactive ketones (excluding diaryl/α,β-unsaturated/α-hetero) is 1. The van der Waals surface area contributed by atoms with Crippen molar-refractivity contribution < 1.29 is 4.79 Å². The molecule has 21 heavy (non-hydrogen) atoms. The Balaban J connectivity index is 1.53. The second-order valence-corrected chi connectivity index (χ2v) is 6.43. The van der Waals surface area contributed by atoms with Crippen LogP contribution in [0.2, 0.25) is 0 Å². The Bertz CT molecular complexity index is 605. The highest BCUT2D eigenvalue weighted by Crippen LogP contribution is 2.17. The van der Waals surface area contributed by atoms with Gasteiger partial charge in [0.1, 0.15) is 0 Å². The Hall–Kier alpha value is -1.79. The molecule has 0 bridgehead atoms. The van der Waals surface area contributed by atoms with Crippen LogP contribution in [0.3, 0.4) is 0 Å². The highest BCUT2D eigenvalue weighted by atomic mass is 32.1. The molecule has 2 aromatic rings. The smallest absolute Gasteiger partial charge is 0.225 e. The summed E-state index contributed by atoms with van der Waals surface area (Å²) in [5.41, 5.74) is 0. The Morgan fingerprint density at radius 2 is 1.90 bits per heavy atom. The molecule has 2 aromatic heterocycles. The fourth-order valence-electron chi connectivity index (χ4n) is 2.43. The van der Waals surface area contributed by atoms with Gasteiger partial charge in [-0.15, -0.1) is 11.3 Å². The predicted molar refractivity (Wildman–Crippen MR) is 84.1 cm³/mol. The summed E-state index contributed by atoms with van der Waals surface area (Å²) < 4.78 is 0. The molecule has 110 valence electrons. The molecule has 1 fully saturated rings. The lowest BCUT2D eigenvalue weighted by Gasteiger charge is -2.34. The molecule has 3 heterocycles. The summed E-state index contributed by atoms with van der Waals surface area (Å²) in [7, 11) is 0. The number of ketones is 1. The second kappa shape index (κ2) is 6.32. The lowest BCUT2D eigenvalue weighted by Crippen LogP contribution is -2.48. The summed E-state index contributed by atoms with van der Waals surface area (Å²) in [4.78, 5) is 27.2. The number of hydrogen-bond acceptors (Lipinski definition) is 6. The number of carbonyl (C=O) groups is 1. The van der Waals surface area contributed by atoms with E-state index in [0.29, 0.717) is 6.54 Å². The van der Waals surface area contributed by atoms with Crippen molar-refractivity contribution in [3.63, 3.8) is 0 Å². The number of aromatic nitrogens is 2. The van der Waals surface area contributed by atoms with Gasteiger partial charge >= 0.3 is 0 Å². The van der Waals surface area contributed by atoms with E-state index in [2.05, 4.69) is 19.8 Å². The second-order valence-electron chi connectivity index (χ2n) is 5.15. The number of thiophene rings is 1. The minimum Gasteiger partial charge on any atom is -0.338 e. The fraction of sp³-hybridized carbons (Fsp3) is 0.400. The van der Waals surface area contributed by atoms with Crippen LogP contribution >= 0.6 is 11.3 Å². The molecule has 6 heteroatoms. The molecule has 3 rings (SSSR count). The molecule has 1 aliphatic heterocycles. The van der Waals surface area contributed by atoms with E-state index in [1.165, 1.54) is 4.88 Å². The molecule has 0 aliphatic carbocycles. The van der Waals surface area contributed by atoms with Gasteiger partial charge in [-0.3, -0.25) is 9.69 Å². The average Bonchev–Trinajstić information content (AvgIpc) is 2.96. The maximum atomic E-state index is 12.2. The summed E-state index contributed by atoms with van der Waals surface area (Å²) in [6, 6.07) is 5.75. The third-order valence-corrected chi connectivity index (χ3v) is 4.63. The van der Waals surface area contributed by atoms with Crippen LogP contribution in [0.15, 0.2) is 30.6 Å². The van der Waals surface area contributed by atoms with Crippen LogP contribution in [-0.2, 0) is 0 Å². The van der Waals surface area contributed by atoms with Gasteiger partial charge in [0.15, 0.2) is 5.78 Å². The van der Waals surface area contributed by atoms with Gasteiger partial charge in [0.05, 0.1) is 11.4 Å². The first-order chi connectivity index (χ1) is 10.2. The van der Waals surface area contributed by atoms with Crippen LogP contribution in [0.25, 0.3) is 0 Å². The first-order valence-electron chi connectivity index (χ1n) is 7.06. The third kappa shape index (κ3) is 3.46. The van der Waals surface area contributed by atoms with Crippen molar-refractivity contribution in [2.24, 2.45) is 0 Å². The van der Waals surface area contributed by atoms with Crippen LogP contribution < -0.4 is 4.90 Å². The van der Waals surface area contributed by atoms with Gasteiger partial charge < -0.3 is 4.90 Å². The molecule has 0 unspecified atom stereocenters. The van der Waals surface area contributed by atoms with Gasteiger partial charge in [0, 0.05) is 43.4 Å². The van der Waals surface area contributed by atoms with Gasteiger partial charge in [0.25, 0.3) is 0 Å². The third-order valence-electron chi connectivity index (χ3n) is 3.59. The monoisotopic (exact) mass is 302 g/mol. The maximum Gasteiger partial charge on any atom is 0.225 e. The van der Waals surface area contributed by atoms with E-state index in [-0.39, 0.29) is 5.78 Å². The van der Waals surface area contributed by atoms with Gasteiger partial charge in [-0.1, -0.05) is 0 Å². The van der Waals surface area contributed by atoms with Crippen molar-refractivity contribution in [1.29, 1.82) is 0 Å².